The Bertz CT molecular complexity index is 298. The molecular weight excluding hydrogens is 182 g/mol. The minimum absolute atomic E-state index is 0.508. The van der Waals surface area contributed by atoms with Crippen LogP contribution in [0.25, 0.3) is 0 Å². The van der Waals surface area contributed by atoms with Gasteiger partial charge in [0.15, 0.2) is 0 Å². The van der Waals surface area contributed by atoms with Crippen molar-refractivity contribution in [2.24, 2.45) is 5.92 Å². The van der Waals surface area contributed by atoms with E-state index in [0.717, 1.165) is 17.5 Å². The standard InChI is InChI=1S/C11H14ClN/c1-8-5-11(13-7-8)9-3-2-4-10(12)6-9/h2-4,6,8,11,13H,5,7H2,1H3/t8-,11+/m1/s1. The number of halogens is 1. The topological polar surface area (TPSA) is 12.0 Å². The quantitative estimate of drug-likeness (QED) is 0.727. The summed E-state index contributed by atoms with van der Waals surface area (Å²) in [7, 11) is 0. The van der Waals surface area contributed by atoms with Gasteiger partial charge in [0.05, 0.1) is 0 Å². The number of hydrogen-bond donors (Lipinski definition) is 1. The van der Waals surface area contributed by atoms with Gasteiger partial charge in [-0.25, -0.2) is 0 Å². The first-order valence-electron chi connectivity index (χ1n) is 4.74. The van der Waals surface area contributed by atoms with Gasteiger partial charge in [0.2, 0.25) is 0 Å². The van der Waals surface area contributed by atoms with Crippen LogP contribution in [0.5, 0.6) is 0 Å². The third-order valence-electron chi connectivity index (χ3n) is 2.60. The summed E-state index contributed by atoms with van der Waals surface area (Å²) in [4.78, 5) is 0. The highest BCUT2D eigenvalue weighted by Gasteiger charge is 2.21. The van der Waals surface area contributed by atoms with Crippen LogP contribution in [0.3, 0.4) is 0 Å². The van der Waals surface area contributed by atoms with E-state index < -0.39 is 0 Å². The second kappa shape index (κ2) is 3.69. The van der Waals surface area contributed by atoms with Gasteiger partial charge in [0, 0.05) is 11.1 Å². The molecular formula is C11H14ClN. The average Bonchev–Trinajstić information content (AvgIpc) is 2.52. The third-order valence-corrected chi connectivity index (χ3v) is 2.84. The van der Waals surface area contributed by atoms with Crippen molar-refractivity contribution in [3.8, 4) is 0 Å². The molecule has 0 spiro atoms. The maximum atomic E-state index is 5.93. The van der Waals surface area contributed by atoms with Crippen LogP contribution in [0, 0.1) is 5.92 Å². The maximum absolute atomic E-state index is 5.93. The van der Waals surface area contributed by atoms with Gasteiger partial charge in [-0.2, -0.15) is 0 Å². The number of hydrogen-bond acceptors (Lipinski definition) is 1. The van der Waals surface area contributed by atoms with Gasteiger partial charge in [0.25, 0.3) is 0 Å². The number of benzene rings is 1. The van der Waals surface area contributed by atoms with Crippen molar-refractivity contribution in [3.63, 3.8) is 0 Å². The zero-order valence-corrected chi connectivity index (χ0v) is 8.51. The fraction of sp³-hybridized carbons (Fsp3) is 0.455. The molecule has 13 heavy (non-hydrogen) atoms. The van der Waals surface area contributed by atoms with Crippen molar-refractivity contribution < 1.29 is 0 Å². The molecule has 1 aromatic rings. The van der Waals surface area contributed by atoms with E-state index in [0.29, 0.717) is 6.04 Å². The minimum Gasteiger partial charge on any atom is -0.310 e. The van der Waals surface area contributed by atoms with E-state index in [4.69, 9.17) is 11.6 Å². The van der Waals surface area contributed by atoms with Gasteiger partial charge in [0.1, 0.15) is 0 Å². The molecule has 2 heteroatoms. The molecule has 1 nitrogen and oxygen atoms in total. The van der Waals surface area contributed by atoms with Gasteiger partial charge < -0.3 is 5.32 Å². The lowest BCUT2D eigenvalue weighted by Crippen LogP contribution is -2.13. The molecule has 1 saturated heterocycles. The lowest BCUT2D eigenvalue weighted by molar-refractivity contribution is 0.612. The Labute approximate surface area is 84.1 Å². The zero-order chi connectivity index (χ0) is 9.26. The van der Waals surface area contributed by atoms with Crippen molar-refractivity contribution in [2.45, 2.75) is 19.4 Å². The summed E-state index contributed by atoms with van der Waals surface area (Å²) in [6.07, 6.45) is 1.22. The predicted molar refractivity (Wildman–Crippen MR) is 56.0 cm³/mol. The van der Waals surface area contributed by atoms with Crippen LogP contribution in [0.1, 0.15) is 24.9 Å². The van der Waals surface area contributed by atoms with Crippen molar-refractivity contribution in [1.29, 1.82) is 0 Å². The zero-order valence-electron chi connectivity index (χ0n) is 7.76. The van der Waals surface area contributed by atoms with Crippen LogP contribution in [0.2, 0.25) is 5.02 Å². The molecule has 1 heterocycles. The molecule has 1 aromatic carbocycles. The molecule has 0 radical (unpaired) electrons. The van der Waals surface area contributed by atoms with E-state index in [1.807, 2.05) is 12.1 Å². The summed E-state index contributed by atoms with van der Waals surface area (Å²) in [6, 6.07) is 8.64. The van der Waals surface area contributed by atoms with Crippen LogP contribution in [0.15, 0.2) is 24.3 Å². The molecule has 0 amide bonds. The SMILES string of the molecule is C[C@H]1CN[C@H](c2cccc(Cl)c2)C1. The molecule has 2 rings (SSSR count). The lowest BCUT2D eigenvalue weighted by Gasteiger charge is -2.10. The Kier molecular flexibility index (Phi) is 2.56. The monoisotopic (exact) mass is 195 g/mol. The highest BCUT2D eigenvalue weighted by molar-refractivity contribution is 6.30. The average molecular weight is 196 g/mol. The molecule has 1 aliphatic heterocycles. The van der Waals surface area contributed by atoms with Gasteiger partial charge in [-0.3, -0.25) is 0 Å². The van der Waals surface area contributed by atoms with Crippen LogP contribution >= 0.6 is 11.6 Å². The van der Waals surface area contributed by atoms with E-state index in [1.165, 1.54) is 12.0 Å². The van der Waals surface area contributed by atoms with Gasteiger partial charge in [-0.05, 0) is 36.6 Å². The molecule has 0 aliphatic carbocycles. The summed E-state index contributed by atoms with van der Waals surface area (Å²) in [5.74, 6) is 0.781. The number of nitrogens with one attached hydrogen (secondary N) is 1. The van der Waals surface area contributed by atoms with Crippen molar-refractivity contribution >= 4 is 11.6 Å². The largest absolute Gasteiger partial charge is 0.310 e. The molecule has 1 fully saturated rings. The smallest absolute Gasteiger partial charge is 0.0409 e. The van der Waals surface area contributed by atoms with Crippen molar-refractivity contribution in [3.05, 3.63) is 34.9 Å². The first-order valence-corrected chi connectivity index (χ1v) is 5.12. The van der Waals surface area contributed by atoms with Crippen LogP contribution in [-0.2, 0) is 0 Å². The Balaban J connectivity index is 2.16. The van der Waals surface area contributed by atoms with Gasteiger partial charge in [-0.1, -0.05) is 30.7 Å². The van der Waals surface area contributed by atoms with Gasteiger partial charge >= 0.3 is 0 Å². The molecule has 2 atom stereocenters. The van der Waals surface area contributed by atoms with E-state index in [9.17, 15) is 0 Å². The van der Waals surface area contributed by atoms with Crippen LogP contribution < -0.4 is 5.32 Å². The van der Waals surface area contributed by atoms with E-state index >= 15 is 0 Å². The predicted octanol–water partition coefficient (Wildman–Crippen LogP) is 3.01. The Hall–Kier alpha value is -0.530. The highest BCUT2D eigenvalue weighted by atomic mass is 35.5. The van der Waals surface area contributed by atoms with Crippen molar-refractivity contribution in [1.82, 2.24) is 5.32 Å². The Morgan fingerprint density at radius 3 is 2.92 bits per heavy atom. The fourth-order valence-electron chi connectivity index (χ4n) is 1.89. The Morgan fingerprint density at radius 2 is 2.31 bits per heavy atom. The van der Waals surface area contributed by atoms with E-state index in [2.05, 4.69) is 24.4 Å². The maximum Gasteiger partial charge on any atom is 0.0409 e. The molecule has 1 N–H and O–H groups in total. The molecule has 70 valence electrons. The fourth-order valence-corrected chi connectivity index (χ4v) is 2.09. The van der Waals surface area contributed by atoms with E-state index in [1.54, 1.807) is 0 Å². The first kappa shape index (κ1) is 9.04. The summed E-state index contributed by atoms with van der Waals surface area (Å²) >= 11 is 5.93. The van der Waals surface area contributed by atoms with Crippen LogP contribution in [-0.4, -0.2) is 6.54 Å². The molecule has 0 unspecified atom stereocenters. The lowest BCUT2D eigenvalue weighted by atomic mass is 10.0. The number of rotatable bonds is 1. The molecule has 0 saturated carbocycles. The highest BCUT2D eigenvalue weighted by Crippen LogP contribution is 2.27. The first-order chi connectivity index (χ1) is 6.25. The van der Waals surface area contributed by atoms with E-state index in [-0.39, 0.29) is 0 Å². The molecule has 0 aromatic heterocycles. The molecule has 1 aliphatic rings. The summed E-state index contributed by atoms with van der Waals surface area (Å²) in [6.45, 7) is 3.40. The van der Waals surface area contributed by atoms with Crippen molar-refractivity contribution in [2.75, 3.05) is 6.54 Å². The van der Waals surface area contributed by atoms with Gasteiger partial charge in [-0.15, -0.1) is 0 Å². The normalized spacial score (nSPS) is 27.8. The second-order valence-electron chi connectivity index (χ2n) is 3.86. The minimum atomic E-state index is 0.508. The van der Waals surface area contributed by atoms with Crippen LogP contribution in [0.4, 0.5) is 0 Å². The summed E-state index contributed by atoms with van der Waals surface area (Å²) in [5.41, 5.74) is 1.32. The second-order valence-corrected chi connectivity index (χ2v) is 4.29. The summed E-state index contributed by atoms with van der Waals surface area (Å²) in [5, 5.41) is 4.32. The molecule has 0 bridgehead atoms. The summed E-state index contributed by atoms with van der Waals surface area (Å²) < 4.78 is 0. The Morgan fingerprint density at radius 1 is 1.46 bits per heavy atom. The third kappa shape index (κ3) is 2.04.